The summed E-state index contributed by atoms with van der Waals surface area (Å²) in [5.41, 5.74) is 0.681. The maximum absolute atomic E-state index is 12.8. The molecule has 0 unspecified atom stereocenters. The lowest BCUT2D eigenvalue weighted by atomic mass is 10.2. The molecule has 0 bridgehead atoms. The summed E-state index contributed by atoms with van der Waals surface area (Å²) in [5.74, 6) is 0.377. The Morgan fingerprint density at radius 1 is 1.14 bits per heavy atom. The van der Waals surface area contributed by atoms with Crippen LogP contribution in [0.25, 0.3) is 11.0 Å². The number of carbonyl (C=O) groups is 1. The molecule has 2 heterocycles. The first-order valence-corrected chi connectivity index (χ1v) is 9.37. The summed E-state index contributed by atoms with van der Waals surface area (Å²) in [6.45, 7) is 0. The van der Waals surface area contributed by atoms with E-state index in [1.54, 1.807) is 11.0 Å². The molecule has 1 amide bonds. The number of para-hydroxylation sites is 1. The molecule has 1 saturated carbocycles. The van der Waals surface area contributed by atoms with Gasteiger partial charge in [-0.15, -0.1) is 0 Å². The van der Waals surface area contributed by atoms with E-state index >= 15 is 0 Å². The van der Waals surface area contributed by atoms with E-state index < -0.39 is 9.84 Å². The zero-order valence-corrected chi connectivity index (χ0v) is 12.9. The fourth-order valence-electron chi connectivity index (χ4n) is 3.19. The molecular formula is C16H17NO4S. The number of benzene rings is 1. The Morgan fingerprint density at radius 3 is 2.55 bits per heavy atom. The van der Waals surface area contributed by atoms with Crippen molar-refractivity contribution in [2.24, 2.45) is 0 Å². The molecule has 0 radical (unpaired) electrons. The smallest absolute Gasteiger partial charge is 0.290 e. The van der Waals surface area contributed by atoms with E-state index in [0.717, 1.165) is 18.2 Å². The minimum Gasteiger partial charge on any atom is -0.451 e. The molecule has 1 saturated heterocycles. The lowest BCUT2D eigenvalue weighted by Crippen LogP contribution is -2.42. The van der Waals surface area contributed by atoms with Crippen LogP contribution in [0.3, 0.4) is 0 Å². The van der Waals surface area contributed by atoms with Gasteiger partial charge in [-0.1, -0.05) is 18.2 Å². The number of hydrogen-bond donors (Lipinski definition) is 0. The van der Waals surface area contributed by atoms with Gasteiger partial charge in [0.2, 0.25) is 0 Å². The molecule has 1 aliphatic heterocycles. The van der Waals surface area contributed by atoms with E-state index in [4.69, 9.17) is 4.42 Å². The van der Waals surface area contributed by atoms with Gasteiger partial charge in [-0.2, -0.15) is 0 Å². The number of nitrogens with zero attached hydrogens (tertiary/aromatic N) is 1. The lowest BCUT2D eigenvalue weighted by Gasteiger charge is -2.27. The van der Waals surface area contributed by atoms with E-state index in [0.29, 0.717) is 17.8 Å². The second-order valence-corrected chi connectivity index (χ2v) is 8.38. The average molecular weight is 319 g/mol. The minimum absolute atomic E-state index is 0.0788. The van der Waals surface area contributed by atoms with Gasteiger partial charge in [-0.3, -0.25) is 4.79 Å². The average Bonchev–Trinajstić information content (AvgIpc) is 3.10. The maximum Gasteiger partial charge on any atom is 0.290 e. The number of amides is 1. The maximum atomic E-state index is 12.8. The van der Waals surface area contributed by atoms with E-state index in [-0.39, 0.29) is 29.5 Å². The fraction of sp³-hybridized carbons (Fsp3) is 0.438. The highest BCUT2D eigenvalue weighted by atomic mass is 32.2. The Labute approximate surface area is 128 Å². The normalized spacial score (nSPS) is 23.7. The molecule has 1 aromatic carbocycles. The number of hydrogen-bond acceptors (Lipinski definition) is 4. The first-order valence-electron chi connectivity index (χ1n) is 7.55. The third kappa shape index (κ3) is 2.41. The number of fused-ring (bicyclic) bond motifs is 1. The Kier molecular flexibility index (Phi) is 3.04. The van der Waals surface area contributed by atoms with Gasteiger partial charge in [0.15, 0.2) is 15.6 Å². The number of sulfone groups is 1. The summed E-state index contributed by atoms with van der Waals surface area (Å²) in [6, 6.07) is 9.19. The van der Waals surface area contributed by atoms with Crippen molar-refractivity contribution in [2.75, 3.05) is 11.5 Å². The van der Waals surface area contributed by atoms with Gasteiger partial charge in [0.25, 0.3) is 5.91 Å². The second kappa shape index (κ2) is 4.84. The van der Waals surface area contributed by atoms with Gasteiger partial charge >= 0.3 is 0 Å². The molecule has 5 nitrogen and oxygen atoms in total. The zero-order valence-electron chi connectivity index (χ0n) is 12.1. The van der Waals surface area contributed by atoms with Gasteiger partial charge in [0.1, 0.15) is 5.58 Å². The van der Waals surface area contributed by atoms with Crippen molar-refractivity contribution in [3.8, 4) is 0 Å². The zero-order chi connectivity index (χ0) is 15.3. The summed E-state index contributed by atoms with van der Waals surface area (Å²) in [5, 5.41) is 0.889. The Morgan fingerprint density at radius 2 is 1.91 bits per heavy atom. The van der Waals surface area contributed by atoms with Crippen LogP contribution in [0.5, 0.6) is 0 Å². The second-order valence-electron chi connectivity index (χ2n) is 6.15. The number of furan rings is 1. The SMILES string of the molecule is O=C(c1cc2ccccc2o1)N(C1CC1)[C@H]1CCS(=O)(=O)C1. The Bertz CT molecular complexity index is 802. The molecule has 116 valence electrons. The lowest BCUT2D eigenvalue weighted by molar-refractivity contribution is 0.0650. The van der Waals surface area contributed by atoms with Crippen LogP contribution in [0.15, 0.2) is 34.7 Å². The molecule has 1 aliphatic carbocycles. The van der Waals surface area contributed by atoms with E-state index in [1.807, 2.05) is 24.3 Å². The predicted molar refractivity (Wildman–Crippen MR) is 82.5 cm³/mol. The fourth-order valence-corrected chi connectivity index (χ4v) is 4.90. The molecule has 2 aromatic rings. The standard InChI is InChI=1S/C16H17NO4S/c18-16(15-9-11-3-1-2-4-14(11)21-15)17(12-5-6-12)13-7-8-22(19,20)10-13/h1-4,9,12-13H,5-8,10H2/t13-/m0/s1. The van der Waals surface area contributed by atoms with Crippen LogP contribution in [-0.4, -0.2) is 42.8 Å². The predicted octanol–water partition coefficient (Wildman–Crippen LogP) is 2.22. The van der Waals surface area contributed by atoms with Gasteiger partial charge in [0, 0.05) is 17.5 Å². The van der Waals surface area contributed by atoms with E-state index in [2.05, 4.69) is 0 Å². The minimum atomic E-state index is -3.01. The molecule has 1 aromatic heterocycles. The Balaban J connectivity index is 1.66. The van der Waals surface area contributed by atoms with E-state index in [1.165, 1.54) is 0 Å². The molecule has 2 aliphatic rings. The summed E-state index contributed by atoms with van der Waals surface area (Å²) < 4.78 is 29.1. The Hall–Kier alpha value is -1.82. The van der Waals surface area contributed by atoms with Crippen molar-refractivity contribution in [3.05, 3.63) is 36.1 Å². The largest absolute Gasteiger partial charge is 0.451 e. The summed E-state index contributed by atoms with van der Waals surface area (Å²) in [6.07, 6.45) is 2.43. The first kappa shape index (κ1) is 13.8. The van der Waals surface area contributed by atoms with Crippen molar-refractivity contribution in [2.45, 2.75) is 31.3 Å². The monoisotopic (exact) mass is 319 g/mol. The summed E-state index contributed by atoms with van der Waals surface area (Å²) in [7, 11) is -3.01. The van der Waals surface area contributed by atoms with Crippen molar-refractivity contribution in [1.82, 2.24) is 4.90 Å². The van der Waals surface area contributed by atoms with Crippen LogP contribution in [0, 0.1) is 0 Å². The molecule has 6 heteroatoms. The topological polar surface area (TPSA) is 67.6 Å². The van der Waals surface area contributed by atoms with Crippen molar-refractivity contribution >= 4 is 26.7 Å². The van der Waals surface area contributed by atoms with Crippen molar-refractivity contribution in [1.29, 1.82) is 0 Å². The molecule has 2 fully saturated rings. The molecular weight excluding hydrogens is 302 g/mol. The molecule has 22 heavy (non-hydrogen) atoms. The van der Waals surface area contributed by atoms with E-state index in [9.17, 15) is 13.2 Å². The van der Waals surface area contributed by atoms with Crippen LogP contribution in [-0.2, 0) is 9.84 Å². The quantitative estimate of drug-likeness (QED) is 0.870. The summed E-state index contributed by atoms with van der Waals surface area (Å²) >= 11 is 0. The highest BCUT2D eigenvalue weighted by Gasteiger charge is 2.43. The van der Waals surface area contributed by atoms with Crippen LogP contribution < -0.4 is 0 Å². The first-order chi connectivity index (χ1) is 10.5. The third-order valence-electron chi connectivity index (χ3n) is 4.41. The number of rotatable bonds is 3. The van der Waals surface area contributed by atoms with Gasteiger partial charge in [-0.25, -0.2) is 8.42 Å². The molecule has 0 spiro atoms. The number of carbonyl (C=O) groups excluding carboxylic acids is 1. The van der Waals surface area contributed by atoms with Gasteiger partial charge in [-0.05, 0) is 31.4 Å². The van der Waals surface area contributed by atoms with Gasteiger partial charge in [0.05, 0.1) is 11.5 Å². The van der Waals surface area contributed by atoms with Crippen molar-refractivity contribution in [3.63, 3.8) is 0 Å². The highest BCUT2D eigenvalue weighted by molar-refractivity contribution is 7.91. The molecule has 4 rings (SSSR count). The molecule has 0 N–H and O–H groups in total. The van der Waals surface area contributed by atoms with Crippen LogP contribution >= 0.6 is 0 Å². The highest BCUT2D eigenvalue weighted by Crippen LogP contribution is 2.34. The summed E-state index contributed by atoms with van der Waals surface area (Å²) in [4.78, 5) is 14.6. The van der Waals surface area contributed by atoms with Crippen LogP contribution in [0.1, 0.15) is 29.8 Å². The third-order valence-corrected chi connectivity index (χ3v) is 6.16. The van der Waals surface area contributed by atoms with Crippen LogP contribution in [0.4, 0.5) is 0 Å². The van der Waals surface area contributed by atoms with Crippen LogP contribution in [0.2, 0.25) is 0 Å². The van der Waals surface area contributed by atoms with Gasteiger partial charge < -0.3 is 9.32 Å². The molecule has 1 atom stereocenters. The van der Waals surface area contributed by atoms with Crippen molar-refractivity contribution < 1.29 is 17.6 Å².